The van der Waals surface area contributed by atoms with Gasteiger partial charge in [0.25, 0.3) is 0 Å². The van der Waals surface area contributed by atoms with Crippen molar-refractivity contribution in [2.24, 2.45) is 0 Å². The molecule has 10 heteroatoms. The molecule has 6 amide bonds. The van der Waals surface area contributed by atoms with Crippen LogP contribution in [0.3, 0.4) is 0 Å². The third kappa shape index (κ3) is 7.62. The predicted octanol–water partition coefficient (Wildman–Crippen LogP) is 2.53. The molecule has 2 aromatic carbocycles. The number of piperazine rings is 1. The predicted molar refractivity (Wildman–Crippen MR) is 139 cm³/mol. The molecular weight excluding hydrogens is 460 g/mol. The number of imide groups is 2. The first kappa shape index (κ1) is 26.8. The minimum Gasteiger partial charge on any atom is -0.307 e. The summed E-state index contributed by atoms with van der Waals surface area (Å²) in [7, 11) is 0. The molecule has 1 aliphatic rings. The zero-order valence-electron chi connectivity index (χ0n) is 21.2. The monoisotopic (exact) mass is 494 g/mol. The molecule has 0 radical (unpaired) electrons. The molecule has 0 spiro atoms. The normalized spacial score (nSPS) is 14.1. The van der Waals surface area contributed by atoms with Crippen molar-refractivity contribution < 1.29 is 19.2 Å². The van der Waals surface area contributed by atoms with Crippen molar-refractivity contribution in [3.05, 3.63) is 58.7 Å². The molecule has 0 aliphatic carbocycles. The van der Waals surface area contributed by atoms with E-state index in [0.29, 0.717) is 37.6 Å². The highest BCUT2D eigenvalue weighted by molar-refractivity contribution is 6.02. The maximum atomic E-state index is 12.3. The summed E-state index contributed by atoms with van der Waals surface area (Å²) in [5, 5.41) is 10.1. The summed E-state index contributed by atoms with van der Waals surface area (Å²) in [4.78, 5) is 52.8. The molecule has 0 saturated carbocycles. The molecule has 0 bridgehead atoms. The molecular formula is C26H34N6O4. The zero-order valence-corrected chi connectivity index (χ0v) is 21.2. The first-order valence-electron chi connectivity index (χ1n) is 11.9. The number of anilines is 2. The van der Waals surface area contributed by atoms with Crippen LogP contribution in [-0.4, -0.2) is 72.9 Å². The number of benzene rings is 2. The van der Waals surface area contributed by atoms with E-state index in [4.69, 9.17) is 0 Å². The van der Waals surface area contributed by atoms with E-state index in [1.807, 2.05) is 61.8 Å². The lowest BCUT2D eigenvalue weighted by Gasteiger charge is -2.33. The number of carbonyl (C=O) groups excluding carboxylic acids is 4. The lowest BCUT2D eigenvalue weighted by Crippen LogP contribution is -2.52. The van der Waals surface area contributed by atoms with E-state index in [9.17, 15) is 19.2 Å². The average molecular weight is 495 g/mol. The summed E-state index contributed by atoms with van der Waals surface area (Å²) in [6.07, 6.45) is 0. The van der Waals surface area contributed by atoms with Crippen LogP contribution < -0.4 is 21.3 Å². The fraction of sp³-hybridized carbons (Fsp3) is 0.385. The van der Waals surface area contributed by atoms with Gasteiger partial charge in [-0.1, -0.05) is 24.3 Å². The molecule has 0 unspecified atom stereocenters. The van der Waals surface area contributed by atoms with Crippen molar-refractivity contribution in [2.75, 3.05) is 49.9 Å². The fourth-order valence-electron chi connectivity index (χ4n) is 3.92. The van der Waals surface area contributed by atoms with Gasteiger partial charge in [-0.05, 0) is 62.1 Å². The molecule has 3 rings (SSSR count). The molecule has 10 nitrogen and oxygen atoms in total. The molecule has 36 heavy (non-hydrogen) atoms. The standard InChI is InChI=1S/C26H34N6O4/c1-17-7-5-9-21(19(17)3)27-25(35)29-23(33)15-31-11-13-32(14-12-31)16-24(34)30-26(36)28-22-10-6-8-18(2)20(22)4/h5-10H,11-16H2,1-4H3,(H2,27,29,33,35)(H2,28,30,34,36). The van der Waals surface area contributed by atoms with Crippen LogP contribution >= 0.6 is 0 Å². The minimum absolute atomic E-state index is 0.0819. The van der Waals surface area contributed by atoms with E-state index in [1.165, 1.54) is 0 Å². The third-order valence-corrected chi connectivity index (χ3v) is 6.41. The van der Waals surface area contributed by atoms with E-state index < -0.39 is 23.9 Å². The van der Waals surface area contributed by atoms with Gasteiger partial charge in [-0.3, -0.25) is 30.0 Å². The Bertz CT molecular complexity index is 1050. The highest BCUT2D eigenvalue weighted by atomic mass is 16.2. The highest BCUT2D eigenvalue weighted by Crippen LogP contribution is 2.18. The van der Waals surface area contributed by atoms with Gasteiger partial charge in [-0.25, -0.2) is 9.59 Å². The lowest BCUT2D eigenvalue weighted by atomic mass is 10.1. The minimum atomic E-state index is -0.567. The summed E-state index contributed by atoms with van der Waals surface area (Å²) in [5.41, 5.74) is 5.32. The van der Waals surface area contributed by atoms with E-state index >= 15 is 0 Å². The van der Waals surface area contributed by atoms with Crippen LogP contribution in [0.25, 0.3) is 0 Å². The summed E-state index contributed by atoms with van der Waals surface area (Å²) < 4.78 is 0. The van der Waals surface area contributed by atoms with Crippen molar-refractivity contribution in [2.45, 2.75) is 27.7 Å². The number of carbonyl (C=O) groups is 4. The molecule has 192 valence electrons. The van der Waals surface area contributed by atoms with Crippen LogP contribution in [0, 0.1) is 27.7 Å². The van der Waals surface area contributed by atoms with Gasteiger partial charge in [0.05, 0.1) is 13.1 Å². The Kier molecular flexibility index (Phi) is 9.15. The fourth-order valence-corrected chi connectivity index (χ4v) is 3.92. The topological polar surface area (TPSA) is 123 Å². The number of nitrogens with one attached hydrogen (secondary N) is 4. The second-order valence-electron chi connectivity index (χ2n) is 9.05. The summed E-state index contributed by atoms with van der Waals surface area (Å²) in [5.74, 6) is -0.792. The Morgan fingerprint density at radius 1 is 0.639 bits per heavy atom. The molecule has 1 aliphatic heterocycles. The van der Waals surface area contributed by atoms with Crippen LogP contribution in [0.5, 0.6) is 0 Å². The van der Waals surface area contributed by atoms with Gasteiger partial charge in [-0.2, -0.15) is 0 Å². The van der Waals surface area contributed by atoms with Gasteiger partial charge in [-0.15, -0.1) is 0 Å². The number of hydrogen-bond acceptors (Lipinski definition) is 6. The quantitative estimate of drug-likeness (QED) is 0.490. The maximum absolute atomic E-state index is 12.3. The van der Waals surface area contributed by atoms with E-state index in [-0.39, 0.29) is 13.1 Å². The summed E-state index contributed by atoms with van der Waals surface area (Å²) >= 11 is 0. The molecule has 2 aromatic rings. The smallest absolute Gasteiger partial charge is 0.307 e. The Labute approximate surface area is 211 Å². The number of aryl methyl sites for hydroxylation is 2. The van der Waals surface area contributed by atoms with Crippen LogP contribution in [0.1, 0.15) is 22.3 Å². The van der Waals surface area contributed by atoms with Gasteiger partial charge >= 0.3 is 12.1 Å². The van der Waals surface area contributed by atoms with Gasteiger partial charge in [0.2, 0.25) is 11.8 Å². The van der Waals surface area contributed by atoms with E-state index in [0.717, 1.165) is 22.3 Å². The third-order valence-electron chi connectivity index (χ3n) is 6.41. The number of rotatable bonds is 6. The zero-order chi connectivity index (χ0) is 26.2. The van der Waals surface area contributed by atoms with Gasteiger partial charge in [0, 0.05) is 37.6 Å². The maximum Gasteiger partial charge on any atom is 0.325 e. The average Bonchev–Trinajstić information content (AvgIpc) is 2.81. The summed E-state index contributed by atoms with van der Waals surface area (Å²) in [6, 6.07) is 10.0. The van der Waals surface area contributed by atoms with Crippen molar-refractivity contribution in [3.63, 3.8) is 0 Å². The number of nitrogens with zero attached hydrogens (tertiary/aromatic N) is 2. The van der Waals surface area contributed by atoms with Crippen molar-refractivity contribution >= 4 is 35.3 Å². The van der Waals surface area contributed by atoms with Crippen molar-refractivity contribution in [1.82, 2.24) is 20.4 Å². The Hall–Kier alpha value is -3.76. The SMILES string of the molecule is Cc1cccc(NC(=O)NC(=O)CN2CCN(CC(=O)NC(=O)Nc3cccc(C)c3C)CC2)c1C. The van der Waals surface area contributed by atoms with Crippen LogP contribution in [-0.2, 0) is 9.59 Å². The van der Waals surface area contributed by atoms with Gasteiger partial charge in [0.1, 0.15) is 0 Å². The van der Waals surface area contributed by atoms with Crippen LogP contribution in [0.4, 0.5) is 21.0 Å². The first-order valence-corrected chi connectivity index (χ1v) is 11.9. The van der Waals surface area contributed by atoms with Crippen LogP contribution in [0.2, 0.25) is 0 Å². The Morgan fingerprint density at radius 2 is 1.00 bits per heavy atom. The number of urea groups is 2. The molecule has 0 aromatic heterocycles. The molecule has 0 atom stereocenters. The van der Waals surface area contributed by atoms with Gasteiger partial charge < -0.3 is 10.6 Å². The molecule has 1 fully saturated rings. The molecule has 4 N–H and O–H groups in total. The van der Waals surface area contributed by atoms with Crippen molar-refractivity contribution in [3.8, 4) is 0 Å². The highest BCUT2D eigenvalue weighted by Gasteiger charge is 2.22. The lowest BCUT2D eigenvalue weighted by molar-refractivity contribution is -0.123. The second-order valence-corrected chi connectivity index (χ2v) is 9.05. The van der Waals surface area contributed by atoms with Crippen LogP contribution in [0.15, 0.2) is 36.4 Å². The van der Waals surface area contributed by atoms with E-state index in [2.05, 4.69) is 21.3 Å². The molecule has 1 heterocycles. The molecule has 1 saturated heterocycles. The summed E-state index contributed by atoms with van der Waals surface area (Å²) in [6.45, 7) is 10.1. The first-order chi connectivity index (χ1) is 17.1. The second kappa shape index (κ2) is 12.3. The Balaban J connectivity index is 1.36. The van der Waals surface area contributed by atoms with Crippen molar-refractivity contribution in [1.29, 1.82) is 0 Å². The largest absolute Gasteiger partial charge is 0.325 e. The van der Waals surface area contributed by atoms with E-state index in [1.54, 1.807) is 12.1 Å². The number of amides is 6. The Morgan fingerprint density at radius 3 is 1.36 bits per heavy atom. The number of hydrogen-bond donors (Lipinski definition) is 4. The van der Waals surface area contributed by atoms with Gasteiger partial charge in [0.15, 0.2) is 0 Å².